The summed E-state index contributed by atoms with van der Waals surface area (Å²) in [5.41, 5.74) is -0.306. The van der Waals surface area contributed by atoms with E-state index in [1.807, 2.05) is 25.9 Å². The summed E-state index contributed by atoms with van der Waals surface area (Å²) in [6.45, 7) is 2.35. The van der Waals surface area contributed by atoms with Crippen LogP contribution in [0.25, 0.3) is 0 Å². The Balaban J connectivity index is 2.93. The third-order valence-electron chi connectivity index (χ3n) is 3.02. The monoisotopic (exact) mass is 281 g/mol. The molecule has 1 aromatic heterocycles. The van der Waals surface area contributed by atoms with Gasteiger partial charge in [-0.05, 0) is 21.0 Å². The summed E-state index contributed by atoms with van der Waals surface area (Å²) in [6.07, 6.45) is 1.08. The average molecular weight is 281 g/mol. The summed E-state index contributed by atoms with van der Waals surface area (Å²) in [5.74, 6) is -0.0780. The number of hydrogen-bond donors (Lipinski definition) is 2. The van der Waals surface area contributed by atoms with E-state index < -0.39 is 10.8 Å². The third-order valence-corrected chi connectivity index (χ3v) is 3.02. The van der Waals surface area contributed by atoms with Gasteiger partial charge in [-0.25, -0.2) is 4.98 Å². The molecule has 0 aliphatic carbocycles. The molecule has 0 saturated carbocycles. The molecule has 1 atom stereocenters. The number of likely N-dealkylation sites (N-methyl/N-ethyl adjacent to an activating group) is 1. The smallest absolute Gasteiger partial charge is 0.300 e. The van der Waals surface area contributed by atoms with Crippen molar-refractivity contribution in [3.05, 3.63) is 27.9 Å². The van der Waals surface area contributed by atoms with E-state index in [4.69, 9.17) is 0 Å². The Labute approximate surface area is 117 Å². The normalized spacial score (nSPS) is 12.1. The first kappa shape index (κ1) is 15.8. The maximum atomic E-state index is 12.1. The summed E-state index contributed by atoms with van der Waals surface area (Å²) in [5, 5.41) is 16.4. The second kappa shape index (κ2) is 6.80. The number of hydrogen-bond acceptors (Lipinski definition) is 6. The zero-order valence-corrected chi connectivity index (χ0v) is 12.0. The first-order chi connectivity index (χ1) is 9.36. The van der Waals surface area contributed by atoms with Crippen LogP contribution in [0, 0.1) is 10.1 Å². The van der Waals surface area contributed by atoms with Gasteiger partial charge in [0.1, 0.15) is 17.6 Å². The van der Waals surface area contributed by atoms with E-state index in [1.54, 1.807) is 7.05 Å². The molecule has 1 amide bonds. The molecule has 0 saturated heterocycles. The van der Waals surface area contributed by atoms with Crippen LogP contribution in [0.1, 0.15) is 17.3 Å². The minimum atomic E-state index is -0.614. The van der Waals surface area contributed by atoms with Crippen molar-refractivity contribution >= 4 is 17.4 Å². The molecule has 0 spiro atoms. The summed E-state index contributed by atoms with van der Waals surface area (Å²) < 4.78 is 0. The summed E-state index contributed by atoms with van der Waals surface area (Å²) in [4.78, 5) is 28.2. The van der Waals surface area contributed by atoms with Crippen LogP contribution in [-0.2, 0) is 0 Å². The van der Waals surface area contributed by atoms with Crippen molar-refractivity contribution in [3.63, 3.8) is 0 Å². The zero-order valence-electron chi connectivity index (χ0n) is 12.0. The third kappa shape index (κ3) is 3.89. The van der Waals surface area contributed by atoms with Gasteiger partial charge in [-0.3, -0.25) is 14.9 Å². The van der Waals surface area contributed by atoms with Crippen molar-refractivity contribution in [3.8, 4) is 0 Å². The molecule has 0 aromatic carbocycles. The lowest BCUT2D eigenvalue weighted by Gasteiger charge is -2.19. The number of pyridine rings is 1. The molecule has 110 valence electrons. The van der Waals surface area contributed by atoms with Gasteiger partial charge >= 0.3 is 0 Å². The molecule has 2 N–H and O–H groups in total. The van der Waals surface area contributed by atoms with Crippen LogP contribution in [0.2, 0.25) is 0 Å². The average Bonchev–Trinajstić information content (AvgIpc) is 2.43. The minimum Gasteiger partial charge on any atom is -0.373 e. The fourth-order valence-corrected chi connectivity index (χ4v) is 1.43. The SMILES string of the molecule is CNc1cc(C(=O)NCC(C)N(C)C)c([N+](=O)[O-])cn1. The number of amides is 1. The fraction of sp³-hybridized carbons (Fsp3) is 0.500. The van der Waals surface area contributed by atoms with Crippen LogP contribution >= 0.6 is 0 Å². The fourth-order valence-electron chi connectivity index (χ4n) is 1.43. The molecule has 0 fully saturated rings. The number of nitrogens with zero attached hydrogens (tertiary/aromatic N) is 3. The van der Waals surface area contributed by atoms with Gasteiger partial charge in [0.2, 0.25) is 0 Å². The number of rotatable bonds is 6. The van der Waals surface area contributed by atoms with Gasteiger partial charge in [0.05, 0.1) is 4.92 Å². The van der Waals surface area contributed by atoms with Gasteiger partial charge in [0.15, 0.2) is 0 Å². The molecule has 0 aliphatic heterocycles. The number of nitro groups is 1. The number of aromatic nitrogens is 1. The Morgan fingerprint density at radius 1 is 1.55 bits per heavy atom. The highest BCUT2D eigenvalue weighted by Gasteiger charge is 2.21. The van der Waals surface area contributed by atoms with E-state index in [2.05, 4.69) is 15.6 Å². The number of carbonyl (C=O) groups is 1. The Morgan fingerprint density at radius 2 is 2.20 bits per heavy atom. The highest BCUT2D eigenvalue weighted by Crippen LogP contribution is 2.19. The molecule has 8 heteroatoms. The molecule has 1 heterocycles. The van der Waals surface area contributed by atoms with Crippen LogP contribution in [0.15, 0.2) is 12.3 Å². The molecular weight excluding hydrogens is 262 g/mol. The predicted octanol–water partition coefficient (Wildman–Crippen LogP) is 0.711. The van der Waals surface area contributed by atoms with Crippen molar-refractivity contribution in [1.29, 1.82) is 0 Å². The highest BCUT2D eigenvalue weighted by atomic mass is 16.6. The Morgan fingerprint density at radius 3 is 2.70 bits per heavy atom. The van der Waals surface area contributed by atoms with E-state index >= 15 is 0 Å². The van der Waals surface area contributed by atoms with Gasteiger partial charge in [-0.2, -0.15) is 0 Å². The first-order valence-corrected chi connectivity index (χ1v) is 6.13. The van der Waals surface area contributed by atoms with Crippen molar-refractivity contribution in [2.75, 3.05) is 33.0 Å². The van der Waals surface area contributed by atoms with Crippen LogP contribution < -0.4 is 10.6 Å². The van der Waals surface area contributed by atoms with Gasteiger partial charge in [-0.15, -0.1) is 0 Å². The van der Waals surface area contributed by atoms with E-state index in [-0.39, 0.29) is 17.3 Å². The maximum Gasteiger partial charge on any atom is 0.300 e. The van der Waals surface area contributed by atoms with E-state index in [1.165, 1.54) is 6.07 Å². The molecule has 1 rings (SSSR count). The van der Waals surface area contributed by atoms with E-state index in [9.17, 15) is 14.9 Å². The van der Waals surface area contributed by atoms with Crippen molar-refractivity contribution in [2.24, 2.45) is 0 Å². The lowest BCUT2D eigenvalue weighted by Crippen LogP contribution is -2.38. The molecule has 0 bridgehead atoms. The molecule has 1 unspecified atom stereocenters. The van der Waals surface area contributed by atoms with Gasteiger partial charge in [0, 0.05) is 25.7 Å². The zero-order chi connectivity index (χ0) is 15.3. The van der Waals surface area contributed by atoms with Crippen molar-refractivity contribution in [2.45, 2.75) is 13.0 Å². The second-order valence-corrected chi connectivity index (χ2v) is 4.62. The van der Waals surface area contributed by atoms with Gasteiger partial charge in [0.25, 0.3) is 11.6 Å². The molecule has 8 nitrogen and oxygen atoms in total. The van der Waals surface area contributed by atoms with Crippen LogP contribution in [0.4, 0.5) is 11.5 Å². The van der Waals surface area contributed by atoms with Gasteiger partial charge < -0.3 is 15.5 Å². The van der Waals surface area contributed by atoms with Crippen molar-refractivity contribution < 1.29 is 9.72 Å². The maximum absolute atomic E-state index is 12.1. The van der Waals surface area contributed by atoms with E-state index in [0.717, 1.165) is 6.20 Å². The predicted molar refractivity (Wildman–Crippen MR) is 75.9 cm³/mol. The van der Waals surface area contributed by atoms with Crippen LogP contribution in [0.5, 0.6) is 0 Å². The van der Waals surface area contributed by atoms with Crippen LogP contribution in [0.3, 0.4) is 0 Å². The van der Waals surface area contributed by atoms with Crippen molar-refractivity contribution in [1.82, 2.24) is 15.2 Å². The minimum absolute atomic E-state index is 0.000283. The molecule has 20 heavy (non-hydrogen) atoms. The molecular formula is C12H19N5O3. The van der Waals surface area contributed by atoms with Gasteiger partial charge in [-0.1, -0.05) is 0 Å². The Kier molecular flexibility index (Phi) is 5.39. The second-order valence-electron chi connectivity index (χ2n) is 4.62. The Bertz CT molecular complexity index is 504. The standard InChI is InChI=1S/C12H19N5O3/c1-8(16(3)4)6-15-12(18)9-5-11(13-2)14-7-10(9)17(19)20/h5,7-8H,6H2,1-4H3,(H,13,14)(H,15,18). The summed E-state index contributed by atoms with van der Waals surface area (Å²) in [6, 6.07) is 1.50. The largest absolute Gasteiger partial charge is 0.373 e. The van der Waals surface area contributed by atoms with E-state index in [0.29, 0.717) is 12.4 Å². The summed E-state index contributed by atoms with van der Waals surface area (Å²) in [7, 11) is 5.42. The first-order valence-electron chi connectivity index (χ1n) is 6.13. The molecule has 1 aromatic rings. The highest BCUT2D eigenvalue weighted by molar-refractivity contribution is 5.98. The quantitative estimate of drug-likeness (QED) is 0.588. The lowest BCUT2D eigenvalue weighted by molar-refractivity contribution is -0.385. The number of nitrogens with one attached hydrogen (secondary N) is 2. The number of carbonyl (C=O) groups excluding carboxylic acids is 1. The number of anilines is 1. The molecule has 0 aliphatic rings. The topological polar surface area (TPSA) is 100 Å². The summed E-state index contributed by atoms with van der Waals surface area (Å²) >= 11 is 0. The van der Waals surface area contributed by atoms with Crippen LogP contribution in [-0.4, -0.2) is 54.4 Å². The lowest BCUT2D eigenvalue weighted by atomic mass is 10.2. The Hall–Kier alpha value is -2.22. The molecule has 0 radical (unpaired) electrons.